The third-order valence-electron chi connectivity index (χ3n) is 6.04. The largest absolute Gasteiger partial charge is 0.461 e. The van der Waals surface area contributed by atoms with E-state index < -0.39 is 0 Å². The number of aromatic nitrogens is 4. The number of anilines is 1. The highest BCUT2D eigenvalue weighted by molar-refractivity contribution is 6.31. The maximum absolute atomic E-state index is 12.6. The molecule has 3 aromatic heterocycles. The fourth-order valence-corrected chi connectivity index (χ4v) is 4.46. The summed E-state index contributed by atoms with van der Waals surface area (Å²) in [4.78, 5) is 21.8. The summed E-state index contributed by atoms with van der Waals surface area (Å²) in [6.07, 6.45) is 4.56. The Labute approximate surface area is 183 Å². The molecule has 0 spiro atoms. The lowest BCUT2D eigenvalue weighted by Crippen LogP contribution is -2.36. The Bertz CT molecular complexity index is 1280. The molecule has 1 aliphatic heterocycles. The molecule has 0 unspecified atom stereocenters. The topological polar surface area (TPSA) is 79.8 Å². The molecule has 2 aliphatic rings. The van der Waals surface area contributed by atoms with Gasteiger partial charge in [-0.1, -0.05) is 11.6 Å². The number of carbonyl (C=O) groups excluding carboxylic acids is 1. The van der Waals surface area contributed by atoms with E-state index in [4.69, 9.17) is 21.0 Å². The standard InChI is InChI=1S/C22H21ClN6O2/c23-15-6-7-16-17(13-15)24-22(29-19(16)25-26-20(29)18-3-1-12-31-18)28-9-2-8-27(10-11-28)21(30)14-4-5-14/h1,3,6-7,12-14H,2,4-5,8-11H2. The quantitative estimate of drug-likeness (QED) is 0.487. The number of amides is 1. The number of rotatable bonds is 3. The van der Waals surface area contributed by atoms with E-state index in [9.17, 15) is 4.79 Å². The van der Waals surface area contributed by atoms with Crippen molar-refractivity contribution in [1.29, 1.82) is 0 Å². The van der Waals surface area contributed by atoms with Crippen molar-refractivity contribution in [2.24, 2.45) is 5.92 Å². The van der Waals surface area contributed by atoms with E-state index in [-0.39, 0.29) is 5.92 Å². The van der Waals surface area contributed by atoms with E-state index in [0.29, 0.717) is 41.3 Å². The molecule has 1 saturated heterocycles. The number of hydrogen-bond acceptors (Lipinski definition) is 6. The Kier molecular flexibility index (Phi) is 4.34. The van der Waals surface area contributed by atoms with Gasteiger partial charge in [0.05, 0.1) is 11.8 Å². The molecule has 1 amide bonds. The van der Waals surface area contributed by atoms with E-state index in [1.54, 1.807) is 6.26 Å². The highest BCUT2D eigenvalue weighted by Gasteiger charge is 2.34. The van der Waals surface area contributed by atoms with Crippen LogP contribution >= 0.6 is 11.6 Å². The lowest BCUT2D eigenvalue weighted by atomic mass is 10.2. The molecule has 6 rings (SSSR count). The molecule has 1 aliphatic carbocycles. The summed E-state index contributed by atoms with van der Waals surface area (Å²) < 4.78 is 7.57. The van der Waals surface area contributed by atoms with Crippen molar-refractivity contribution in [2.45, 2.75) is 19.3 Å². The zero-order valence-electron chi connectivity index (χ0n) is 16.9. The summed E-state index contributed by atoms with van der Waals surface area (Å²) in [6.45, 7) is 2.95. The lowest BCUT2D eigenvalue weighted by molar-refractivity contribution is -0.132. The molecule has 158 valence electrons. The van der Waals surface area contributed by atoms with Crippen molar-refractivity contribution < 1.29 is 9.21 Å². The van der Waals surface area contributed by atoms with Gasteiger partial charge in [0.1, 0.15) is 0 Å². The van der Waals surface area contributed by atoms with Crippen molar-refractivity contribution in [3.05, 3.63) is 41.6 Å². The van der Waals surface area contributed by atoms with Crippen LogP contribution in [0.1, 0.15) is 19.3 Å². The molecule has 1 saturated carbocycles. The Hall–Kier alpha value is -3.13. The van der Waals surface area contributed by atoms with E-state index in [1.165, 1.54) is 0 Å². The van der Waals surface area contributed by atoms with E-state index in [1.807, 2.05) is 39.6 Å². The minimum absolute atomic E-state index is 0.239. The fraction of sp³-hybridized carbons (Fsp3) is 0.364. The minimum atomic E-state index is 0.239. The fourth-order valence-electron chi connectivity index (χ4n) is 4.30. The second kappa shape index (κ2) is 7.23. The first-order valence-electron chi connectivity index (χ1n) is 10.6. The average molecular weight is 437 g/mol. The van der Waals surface area contributed by atoms with E-state index in [0.717, 1.165) is 49.2 Å². The van der Waals surface area contributed by atoms with Crippen molar-refractivity contribution >= 4 is 40.0 Å². The molecule has 4 aromatic rings. The Morgan fingerprint density at radius 1 is 1.10 bits per heavy atom. The zero-order valence-corrected chi connectivity index (χ0v) is 17.6. The SMILES string of the molecule is O=C(C1CC1)N1CCCN(c2nc3cc(Cl)ccc3c3nnc(-c4ccco4)n23)CC1. The predicted octanol–water partition coefficient (Wildman–Crippen LogP) is 3.64. The summed E-state index contributed by atoms with van der Waals surface area (Å²) in [6, 6.07) is 9.30. The number of furan rings is 1. The van der Waals surface area contributed by atoms with E-state index >= 15 is 0 Å². The third kappa shape index (κ3) is 3.22. The monoisotopic (exact) mass is 436 g/mol. The molecule has 4 heterocycles. The molecule has 31 heavy (non-hydrogen) atoms. The second-order valence-electron chi connectivity index (χ2n) is 8.17. The van der Waals surface area contributed by atoms with Crippen LogP contribution in [0.15, 0.2) is 41.0 Å². The van der Waals surface area contributed by atoms with Crippen molar-refractivity contribution in [1.82, 2.24) is 24.5 Å². The predicted molar refractivity (Wildman–Crippen MR) is 117 cm³/mol. The van der Waals surface area contributed by atoms with Crippen LogP contribution in [0.3, 0.4) is 0 Å². The third-order valence-corrected chi connectivity index (χ3v) is 6.28. The molecule has 8 nitrogen and oxygen atoms in total. The summed E-state index contributed by atoms with van der Waals surface area (Å²) in [5, 5.41) is 10.4. The molecule has 2 fully saturated rings. The van der Waals surface area contributed by atoms with E-state index in [2.05, 4.69) is 15.1 Å². The van der Waals surface area contributed by atoms with Crippen LogP contribution in [-0.4, -0.2) is 56.6 Å². The molecular weight excluding hydrogens is 416 g/mol. The number of hydrogen-bond donors (Lipinski definition) is 0. The Morgan fingerprint density at radius 3 is 2.81 bits per heavy atom. The molecule has 0 atom stereocenters. The van der Waals surface area contributed by atoms with Gasteiger partial charge >= 0.3 is 0 Å². The van der Waals surface area contributed by atoms with Gasteiger partial charge in [-0.25, -0.2) is 9.38 Å². The summed E-state index contributed by atoms with van der Waals surface area (Å²) >= 11 is 6.25. The van der Waals surface area contributed by atoms with Crippen LogP contribution in [0.4, 0.5) is 5.95 Å². The highest BCUT2D eigenvalue weighted by atomic mass is 35.5. The van der Waals surface area contributed by atoms with Gasteiger partial charge < -0.3 is 14.2 Å². The molecule has 1 aromatic carbocycles. The first-order valence-corrected chi connectivity index (χ1v) is 11.0. The first-order chi connectivity index (χ1) is 15.2. The van der Waals surface area contributed by atoms with Crippen LogP contribution in [0, 0.1) is 5.92 Å². The molecule has 0 radical (unpaired) electrons. The number of nitrogens with zero attached hydrogens (tertiary/aromatic N) is 6. The minimum Gasteiger partial charge on any atom is -0.461 e. The van der Waals surface area contributed by atoms with Crippen LogP contribution < -0.4 is 4.90 Å². The maximum atomic E-state index is 12.6. The number of halogens is 1. The average Bonchev–Trinajstić information content (AvgIpc) is 3.39. The van der Waals surface area contributed by atoms with Crippen LogP contribution in [0.2, 0.25) is 5.02 Å². The number of benzene rings is 1. The van der Waals surface area contributed by atoms with Crippen molar-refractivity contribution in [3.63, 3.8) is 0 Å². The zero-order chi connectivity index (χ0) is 20.9. The first kappa shape index (κ1) is 18.6. The van der Waals surface area contributed by atoms with Crippen LogP contribution in [0.25, 0.3) is 28.1 Å². The van der Waals surface area contributed by atoms with Crippen LogP contribution in [-0.2, 0) is 4.79 Å². The Morgan fingerprint density at radius 2 is 2.00 bits per heavy atom. The van der Waals surface area contributed by atoms with Gasteiger partial charge in [0, 0.05) is 42.5 Å². The van der Waals surface area contributed by atoms with Gasteiger partial charge in [-0.15, -0.1) is 10.2 Å². The van der Waals surface area contributed by atoms with Gasteiger partial charge in [0.15, 0.2) is 11.4 Å². The normalized spacial score (nSPS) is 17.5. The Balaban J connectivity index is 1.47. The molecule has 0 N–H and O–H groups in total. The smallest absolute Gasteiger partial charge is 0.225 e. The maximum Gasteiger partial charge on any atom is 0.225 e. The van der Waals surface area contributed by atoms with Gasteiger partial charge in [-0.05, 0) is 49.6 Å². The van der Waals surface area contributed by atoms with Gasteiger partial charge in [-0.2, -0.15) is 0 Å². The van der Waals surface area contributed by atoms with Crippen molar-refractivity contribution in [2.75, 3.05) is 31.1 Å². The van der Waals surface area contributed by atoms with Crippen molar-refractivity contribution in [3.8, 4) is 11.6 Å². The molecule has 0 bridgehead atoms. The summed E-state index contributed by atoms with van der Waals surface area (Å²) in [5.41, 5.74) is 1.47. The van der Waals surface area contributed by atoms with Gasteiger partial charge in [-0.3, -0.25) is 4.79 Å². The van der Waals surface area contributed by atoms with Gasteiger partial charge in [0.25, 0.3) is 0 Å². The summed E-state index contributed by atoms with van der Waals surface area (Å²) in [7, 11) is 0. The van der Waals surface area contributed by atoms with Gasteiger partial charge in [0.2, 0.25) is 17.7 Å². The lowest BCUT2D eigenvalue weighted by Gasteiger charge is -2.24. The molecule has 9 heteroatoms. The number of carbonyl (C=O) groups is 1. The molecular formula is C22H21ClN6O2. The summed E-state index contributed by atoms with van der Waals surface area (Å²) in [5.74, 6) is 2.51. The highest BCUT2D eigenvalue weighted by Crippen LogP contribution is 2.33. The number of fused-ring (bicyclic) bond motifs is 3. The van der Waals surface area contributed by atoms with Crippen LogP contribution in [0.5, 0.6) is 0 Å². The second-order valence-corrected chi connectivity index (χ2v) is 8.61.